The Kier molecular flexibility index (Phi) is 5.84. The van der Waals surface area contributed by atoms with Gasteiger partial charge in [-0.25, -0.2) is 0 Å². The van der Waals surface area contributed by atoms with Crippen molar-refractivity contribution < 1.29 is 18.8 Å². The highest BCUT2D eigenvalue weighted by atomic mass is 16.6. The summed E-state index contributed by atoms with van der Waals surface area (Å²) in [4.78, 5) is 14.7. The Morgan fingerprint density at radius 2 is 1.90 bits per heavy atom. The Balaban J connectivity index is 1.49. The number of carbonyl (C=O) groups is 1. The van der Waals surface area contributed by atoms with Crippen LogP contribution in [-0.2, 0) is 11.3 Å². The van der Waals surface area contributed by atoms with Gasteiger partial charge in [0.2, 0.25) is 5.91 Å². The zero-order valence-corrected chi connectivity index (χ0v) is 18.3. The van der Waals surface area contributed by atoms with E-state index in [1.165, 1.54) is 0 Å². The number of likely N-dealkylation sites (N-methyl/N-ethyl adjacent to an activating group) is 1. The number of hydrogen-bond donors (Lipinski definition) is 0. The van der Waals surface area contributed by atoms with Gasteiger partial charge >= 0.3 is 0 Å². The van der Waals surface area contributed by atoms with Crippen molar-refractivity contribution in [2.45, 2.75) is 34.2 Å². The maximum Gasteiger partial charge on any atom is 0.246 e. The average molecular weight is 421 g/mol. The Morgan fingerprint density at radius 3 is 2.61 bits per heavy atom. The maximum absolute atomic E-state index is 12.9. The molecule has 0 fully saturated rings. The van der Waals surface area contributed by atoms with Gasteiger partial charge in [-0.15, -0.1) is 0 Å². The molecule has 0 bridgehead atoms. The van der Waals surface area contributed by atoms with Gasteiger partial charge in [0, 0.05) is 36.6 Å². The molecule has 7 heteroatoms. The number of benzene rings is 1. The number of carbonyl (C=O) groups excluding carboxylic acids is 1. The molecule has 0 N–H and O–H groups in total. The molecule has 0 saturated heterocycles. The molecule has 1 aliphatic rings. The van der Waals surface area contributed by atoms with E-state index in [2.05, 4.69) is 5.16 Å². The smallest absolute Gasteiger partial charge is 0.246 e. The lowest BCUT2D eigenvalue weighted by Crippen LogP contribution is -2.28. The lowest BCUT2D eigenvalue weighted by atomic mass is 10.1. The van der Waals surface area contributed by atoms with E-state index in [4.69, 9.17) is 14.0 Å². The van der Waals surface area contributed by atoms with Crippen molar-refractivity contribution in [3.63, 3.8) is 0 Å². The van der Waals surface area contributed by atoms with Gasteiger partial charge in [0.05, 0.1) is 0 Å². The van der Waals surface area contributed by atoms with Gasteiger partial charge in [-0.05, 0) is 63.1 Å². The Hall–Kier alpha value is -3.48. The van der Waals surface area contributed by atoms with Crippen molar-refractivity contribution in [1.29, 1.82) is 0 Å². The molecular weight excluding hydrogens is 394 g/mol. The Morgan fingerprint density at radius 1 is 1.13 bits per heavy atom. The van der Waals surface area contributed by atoms with Crippen LogP contribution < -0.4 is 9.47 Å². The quantitative estimate of drug-likeness (QED) is 0.557. The van der Waals surface area contributed by atoms with Crippen LogP contribution in [-0.4, -0.2) is 40.3 Å². The fraction of sp³-hybridized carbons (Fsp3) is 0.333. The molecule has 7 nitrogen and oxygen atoms in total. The summed E-state index contributed by atoms with van der Waals surface area (Å²) in [6.45, 7) is 10.1. The number of amides is 1. The SMILES string of the molecule is CCN(Cc1ccc2c(c1)OCCO2)C(=O)/C=C/c1cc(C)n(-c2cc(C)on2)c1C. The van der Waals surface area contributed by atoms with Crippen molar-refractivity contribution in [3.05, 3.63) is 64.7 Å². The summed E-state index contributed by atoms with van der Waals surface area (Å²) < 4.78 is 18.5. The van der Waals surface area contributed by atoms with E-state index in [0.717, 1.165) is 45.6 Å². The standard InChI is InChI=1S/C24H27N3O4/c1-5-26(15-19-6-8-21-22(14-19)30-11-10-29-21)24(28)9-7-20-12-16(2)27(18(20)4)23-13-17(3)31-25-23/h6-9,12-14H,5,10-11,15H2,1-4H3/b9-7+. The van der Waals surface area contributed by atoms with E-state index in [-0.39, 0.29) is 5.91 Å². The molecule has 0 saturated carbocycles. The molecule has 3 aromatic rings. The third-order valence-electron chi connectivity index (χ3n) is 5.39. The van der Waals surface area contributed by atoms with E-state index >= 15 is 0 Å². The van der Waals surface area contributed by atoms with Gasteiger partial charge in [0.25, 0.3) is 0 Å². The monoisotopic (exact) mass is 421 g/mol. The first kappa shape index (κ1) is 20.8. The second-order valence-electron chi connectivity index (χ2n) is 7.62. The van der Waals surface area contributed by atoms with Crippen LogP contribution in [0, 0.1) is 20.8 Å². The molecular formula is C24H27N3O4. The number of hydrogen-bond acceptors (Lipinski definition) is 5. The van der Waals surface area contributed by atoms with Crippen molar-refractivity contribution in [2.75, 3.05) is 19.8 Å². The van der Waals surface area contributed by atoms with E-state index in [1.807, 2.05) is 68.7 Å². The lowest BCUT2D eigenvalue weighted by Gasteiger charge is -2.22. The second-order valence-corrected chi connectivity index (χ2v) is 7.62. The molecule has 31 heavy (non-hydrogen) atoms. The summed E-state index contributed by atoms with van der Waals surface area (Å²) >= 11 is 0. The summed E-state index contributed by atoms with van der Waals surface area (Å²) in [6, 6.07) is 9.76. The summed E-state index contributed by atoms with van der Waals surface area (Å²) in [6.07, 6.45) is 3.49. The van der Waals surface area contributed by atoms with Crippen LogP contribution in [0.5, 0.6) is 11.5 Å². The minimum Gasteiger partial charge on any atom is -0.486 e. The number of rotatable bonds is 6. The summed E-state index contributed by atoms with van der Waals surface area (Å²) in [5, 5.41) is 4.10. The molecule has 4 rings (SSSR count). The van der Waals surface area contributed by atoms with Crippen LogP contribution >= 0.6 is 0 Å². The molecule has 1 amide bonds. The van der Waals surface area contributed by atoms with Crippen LogP contribution in [0.15, 0.2) is 40.9 Å². The van der Waals surface area contributed by atoms with Crippen LogP contribution in [0.4, 0.5) is 0 Å². The first-order valence-corrected chi connectivity index (χ1v) is 10.4. The molecule has 0 atom stereocenters. The van der Waals surface area contributed by atoms with Gasteiger partial charge in [-0.3, -0.25) is 9.36 Å². The third kappa shape index (κ3) is 4.35. The lowest BCUT2D eigenvalue weighted by molar-refractivity contribution is -0.126. The number of aryl methyl sites for hydroxylation is 2. The predicted octanol–water partition coefficient (Wildman–Crippen LogP) is 4.22. The van der Waals surface area contributed by atoms with E-state index in [9.17, 15) is 4.79 Å². The van der Waals surface area contributed by atoms with Gasteiger partial charge in [-0.1, -0.05) is 11.2 Å². The molecule has 1 aromatic carbocycles. The van der Waals surface area contributed by atoms with E-state index in [1.54, 1.807) is 11.0 Å². The zero-order valence-electron chi connectivity index (χ0n) is 18.3. The molecule has 0 aliphatic carbocycles. The fourth-order valence-electron chi connectivity index (χ4n) is 3.79. The number of nitrogens with zero attached hydrogens (tertiary/aromatic N) is 3. The first-order valence-electron chi connectivity index (χ1n) is 10.4. The molecule has 162 valence electrons. The molecule has 2 aromatic heterocycles. The largest absolute Gasteiger partial charge is 0.486 e. The minimum absolute atomic E-state index is 0.0422. The molecule has 3 heterocycles. The zero-order chi connectivity index (χ0) is 22.0. The number of ether oxygens (including phenoxy) is 2. The number of aromatic nitrogens is 2. The van der Waals surface area contributed by atoms with Gasteiger partial charge < -0.3 is 18.9 Å². The second kappa shape index (κ2) is 8.71. The molecule has 0 radical (unpaired) electrons. The molecule has 0 spiro atoms. The van der Waals surface area contributed by atoms with Gasteiger partial charge in [-0.2, -0.15) is 0 Å². The average Bonchev–Trinajstić information content (AvgIpc) is 3.31. The van der Waals surface area contributed by atoms with E-state index < -0.39 is 0 Å². The van der Waals surface area contributed by atoms with Crippen molar-refractivity contribution in [3.8, 4) is 17.3 Å². The first-order chi connectivity index (χ1) is 15.0. The summed E-state index contributed by atoms with van der Waals surface area (Å²) in [5.41, 5.74) is 4.01. The molecule has 1 aliphatic heterocycles. The number of fused-ring (bicyclic) bond motifs is 1. The van der Waals surface area contributed by atoms with Crippen LogP contribution in [0.3, 0.4) is 0 Å². The van der Waals surface area contributed by atoms with Crippen LogP contribution in [0.1, 0.15) is 35.2 Å². The highest BCUT2D eigenvalue weighted by molar-refractivity contribution is 5.92. The van der Waals surface area contributed by atoms with Crippen molar-refractivity contribution in [1.82, 2.24) is 14.6 Å². The Bertz CT molecular complexity index is 1130. The minimum atomic E-state index is -0.0422. The highest BCUT2D eigenvalue weighted by Gasteiger charge is 2.16. The normalized spacial score (nSPS) is 13.0. The Labute approximate surface area is 181 Å². The fourth-order valence-corrected chi connectivity index (χ4v) is 3.79. The summed E-state index contributed by atoms with van der Waals surface area (Å²) in [5.74, 6) is 2.94. The highest BCUT2D eigenvalue weighted by Crippen LogP contribution is 2.31. The summed E-state index contributed by atoms with van der Waals surface area (Å²) in [7, 11) is 0. The van der Waals surface area contributed by atoms with Crippen molar-refractivity contribution in [2.24, 2.45) is 0 Å². The van der Waals surface area contributed by atoms with Crippen molar-refractivity contribution >= 4 is 12.0 Å². The third-order valence-corrected chi connectivity index (χ3v) is 5.39. The van der Waals surface area contributed by atoms with Crippen LogP contribution in [0.25, 0.3) is 11.9 Å². The van der Waals surface area contributed by atoms with Gasteiger partial charge in [0.15, 0.2) is 17.3 Å². The van der Waals surface area contributed by atoms with Gasteiger partial charge in [0.1, 0.15) is 19.0 Å². The maximum atomic E-state index is 12.9. The molecule has 0 unspecified atom stereocenters. The van der Waals surface area contributed by atoms with Crippen LogP contribution in [0.2, 0.25) is 0 Å². The van der Waals surface area contributed by atoms with E-state index in [0.29, 0.717) is 26.3 Å². The topological polar surface area (TPSA) is 69.7 Å². The predicted molar refractivity (Wildman–Crippen MR) is 118 cm³/mol.